The lowest BCUT2D eigenvalue weighted by atomic mass is 10.0. The van der Waals surface area contributed by atoms with E-state index >= 15 is 0 Å². The number of rotatable bonds is 6. The molecular formula is C12H17NO4S. The minimum Gasteiger partial charge on any atom is -0.461 e. The Morgan fingerprint density at radius 3 is 2.72 bits per heavy atom. The number of ether oxygens (including phenoxy) is 1. The number of thiazole rings is 1. The molecule has 0 spiro atoms. The first kappa shape index (κ1) is 14.8. The van der Waals surface area contributed by atoms with Crippen molar-refractivity contribution in [2.45, 2.75) is 33.3 Å². The van der Waals surface area contributed by atoms with Crippen LogP contribution in [0.3, 0.4) is 0 Å². The number of hydrogen-bond donors (Lipinski definition) is 1. The molecule has 1 aromatic heterocycles. The molecular weight excluding hydrogens is 254 g/mol. The van der Waals surface area contributed by atoms with Gasteiger partial charge in [0.05, 0.1) is 12.7 Å². The number of aliphatic hydroxyl groups is 1. The maximum Gasteiger partial charge on any atom is 0.357 e. The van der Waals surface area contributed by atoms with Gasteiger partial charge in [0.25, 0.3) is 0 Å². The van der Waals surface area contributed by atoms with Crippen LogP contribution in [0.2, 0.25) is 0 Å². The summed E-state index contributed by atoms with van der Waals surface area (Å²) in [7, 11) is 0. The van der Waals surface area contributed by atoms with E-state index in [2.05, 4.69) is 4.98 Å². The van der Waals surface area contributed by atoms with Gasteiger partial charge in [0.15, 0.2) is 16.5 Å². The van der Waals surface area contributed by atoms with E-state index in [1.165, 1.54) is 5.38 Å². The fraction of sp³-hybridized carbons (Fsp3) is 0.583. The molecule has 1 rings (SSSR count). The van der Waals surface area contributed by atoms with E-state index in [0.717, 1.165) is 11.3 Å². The summed E-state index contributed by atoms with van der Waals surface area (Å²) in [4.78, 5) is 27.1. The van der Waals surface area contributed by atoms with Crippen LogP contribution in [0, 0.1) is 5.92 Å². The Bertz CT molecular complexity index is 427. The summed E-state index contributed by atoms with van der Waals surface area (Å²) in [6.45, 7) is 5.65. The molecule has 100 valence electrons. The number of ketones is 1. The van der Waals surface area contributed by atoms with Gasteiger partial charge in [0, 0.05) is 11.8 Å². The van der Waals surface area contributed by atoms with Crippen molar-refractivity contribution >= 4 is 23.1 Å². The Morgan fingerprint density at radius 2 is 2.17 bits per heavy atom. The van der Waals surface area contributed by atoms with Crippen LogP contribution in [0.15, 0.2) is 5.38 Å². The largest absolute Gasteiger partial charge is 0.461 e. The molecule has 5 nitrogen and oxygen atoms in total. The number of aliphatic hydroxyl groups excluding tert-OH is 1. The Labute approximate surface area is 110 Å². The van der Waals surface area contributed by atoms with Crippen LogP contribution in [0.25, 0.3) is 0 Å². The molecule has 0 radical (unpaired) electrons. The van der Waals surface area contributed by atoms with Crippen molar-refractivity contribution in [1.29, 1.82) is 0 Å². The first-order chi connectivity index (χ1) is 8.45. The van der Waals surface area contributed by atoms with Crippen molar-refractivity contribution in [2.24, 2.45) is 5.92 Å². The summed E-state index contributed by atoms with van der Waals surface area (Å²) in [5, 5.41) is 11.3. The molecule has 0 saturated heterocycles. The SMILES string of the molecule is CCOC(=O)c1csc(C(=O)CC(O)C(C)C)n1. The maximum absolute atomic E-state index is 11.8. The van der Waals surface area contributed by atoms with Crippen molar-refractivity contribution in [2.75, 3.05) is 6.61 Å². The molecule has 6 heteroatoms. The zero-order valence-corrected chi connectivity index (χ0v) is 11.5. The molecule has 0 amide bonds. The highest BCUT2D eigenvalue weighted by molar-refractivity contribution is 7.11. The Kier molecular flexibility index (Phi) is 5.43. The van der Waals surface area contributed by atoms with Crippen LogP contribution in [0.4, 0.5) is 0 Å². The van der Waals surface area contributed by atoms with E-state index in [0.29, 0.717) is 0 Å². The molecule has 0 aromatic carbocycles. The lowest BCUT2D eigenvalue weighted by Crippen LogP contribution is -2.19. The number of nitrogens with zero attached hydrogens (tertiary/aromatic N) is 1. The summed E-state index contributed by atoms with van der Waals surface area (Å²) in [6, 6.07) is 0. The van der Waals surface area contributed by atoms with Gasteiger partial charge >= 0.3 is 5.97 Å². The standard InChI is InChI=1S/C12H17NO4S/c1-4-17-12(16)8-6-18-11(13-8)10(15)5-9(14)7(2)3/h6-7,9,14H,4-5H2,1-3H3. The second-order valence-electron chi connectivity index (χ2n) is 4.20. The first-order valence-electron chi connectivity index (χ1n) is 5.79. The van der Waals surface area contributed by atoms with Crippen molar-refractivity contribution in [3.63, 3.8) is 0 Å². The number of carbonyl (C=O) groups is 2. The van der Waals surface area contributed by atoms with Crippen molar-refractivity contribution in [1.82, 2.24) is 4.98 Å². The quantitative estimate of drug-likeness (QED) is 0.631. The second kappa shape index (κ2) is 6.61. The fourth-order valence-corrected chi connectivity index (χ4v) is 1.95. The molecule has 0 aliphatic rings. The van der Waals surface area contributed by atoms with E-state index in [-0.39, 0.29) is 35.4 Å². The third-order valence-corrected chi connectivity index (χ3v) is 3.27. The average Bonchev–Trinajstić information content (AvgIpc) is 2.78. The number of hydrogen-bond acceptors (Lipinski definition) is 6. The van der Waals surface area contributed by atoms with Gasteiger partial charge in [-0.25, -0.2) is 9.78 Å². The molecule has 1 aromatic rings. The van der Waals surface area contributed by atoms with Crippen LogP contribution < -0.4 is 0 Å². The molecule has 1 atom stereocenters. The van der Waals surface area contributed by atoms with Gasteiger partial charge < -0.3 is 9.84 Å². The monoisotopic (exact) mass is 271 g/mol. The molecule has 0 aliphatic heterocycles. The minimum atomic E-state index is -0.688. The Balaban J connectivity index is 2.68. The van der Waals surface area contributed by atoms with Gasteiger partial charge in [-0.3, -0.25) is 4.79 Å². The predicted octanol–water partition coefficient (Wildman–Crippen LogP) is 1.91. The Hall–Kier alpha value is -1.27. The van der Waals surface area contributed by atoms with E-state index in [9.17, 15) is 14.7 Å². The number of aromatic nitrogens is 1. The highest BCUT2D eigenvalue weighted by atomic mass is 32.1. The Morgan fingerprint density at radius 1 is 1.50 bits per heavy atom. The van der Waals surface area contributed by atoms with Gasteiger partial charge in [-0.05, 0) is 12.8 Å². The van der Waals surface area contributed by atoms with E-state index < -0.39 is 12.1 Å². The van der Waals surface area contributed by atoms with E-state index in [1.54, 1.807) is 6.92 Å². The van der Waals surface area contributed by atoms with Gasteiger partial charge in [-0.15, -0.1) is 11.3 Å². The first-order valence-corrected chi connectivity index (χ1v) is 6.67. The molecule has 0 bridgehead atoms. The van der Waals surface area contributed by atoms with Gasteiger partial charge in [0.1, 0.15) is 0 Å². The minimum absolute atomic E-state index is 0.0124. The molecule has 1 N–H and O–H groups in total. The lowest BCUT2D eigenvalue weighted by molar-refractivity contribution is 0.0520. The zero-order valence-electron chi connectivity index (χ0n) is 10.7. The topological polar surface area (TPSA) is 76.5 Å². The number of esters is 1. The highest BCUT2D eigenvalue weighted by Crippen LogP contribution is 2.16. The number of Topliss-reactive ketones (excluding diaryl/α,β-unsaturated/α-hetero) is 1. The van der Waals surface area contributed by atoms with Crippen LogP contribution in [0.5, 0.6) is 0 Å². The summed E-state index contributed by atoms with van der Waals surface area (Å²) in [6.07, 6.45) is -0.666. The molecule has 18 heavy (non-hydrogen) atoms. The van der Waals surface area contributed by atoms with Crippen molar-refractivity contribution in [3.05, 3.63) is 16.1 Å². The van der Waals surface area contributed by atoms with Gasteiger partial charge in [-0.2, -0.15) is 0 Å². The van der Waals surface area contributed by atoms with Crippen LogP contribution in [0.1, 0.15) is 47.5 Å². The second-order valence-corrected chi connectivity index (χ2v) is 5.06. The summed E-state index contributed by atoms with van der Waals surface area (Å²) < 4.78 is 4.78. The van der Waals surface area contributed by atoms with Crippen LogP contribution in [-0.2, 0) is 4.74 Å². The van der Waals surface area contributed by atoms with E-state index in [4.69, 9.17) is 4.74 Å². The fourth-order valence-electron chi connectivity index (χ4n) is 1.21. The normalized spacial score (nSPS) is 12.5. The summed E-state index contributed by atoms with van der Waals surface area (Å²) >= 11 is 1.09. The van der Waals surface area contributed by atoms with Crippen LogP contribution >= 0.6 is 11.3 Å². The number of carbonyl (C=O) groups excluding carboxylic acids is 2. The maximum atomic E-state index is 11.8. The average molecular weight is 271 g/mol. The highest BCUT2D eigenvalue weighted by Gasteiger charge is 2.20. The smallest absolute Gasteiger partial charge is 0.357 e. The van der Waals surface area contributed by atoms with E-state index in [1.807, 2.05) is 13.8 Å². The predicted molar refractivity (Wildman–Crippen MR) is 67.9 cm³/mol. The zero-order chi connectivity index (χ0) is 13.7. The molecule has 0 aliphatic carbocycles. The van der Waals surface area contributed by atoms with Gasteiger partial charge in [0.2, 0.25) is 0 Å². The molecule has 0 fully saturated rings. The van der Waals surface area contributed by atoms with Crippen LogP contribution in [-0.4, -0.2) is 34.6 Å². The molecule has 0 saturated carbocycles. The molecule has 1 unspecified atom stereocenters. The third kappa shape index (κ3) is 3.89. The summed E-state index contributed by atoms with van der Waals surface area (Å²) in [5.74, 6) is -0.771. The molecule has 1 heterocycles. The third-order valence-electron chi connectivity index (χ3n) is 2.39. The van der Waals surface area contributed by atoms with Crippen molar-refractivity contribution in [3.8, 4) is 0 Å². The van der Waals surface area contributed by atoms with Gasteiger partial charge in [-0.1, -0.05) is 13.8 Å². The lowest BCUT2D eigenvalue weighted by Gasteiger charge is -2.11. The van der Waals surface area contributed by atoms with Crippen molar-refractivity contribution < 1.29 is 19.4 Å². The summed E-state index contributed by atoms with van der Waals surface area (Å²) in [5.41, 5.74) is 0.143.